The zero-order valence-electron chi connectivity index (χ0n) is 11.6. The smallest absolute Gasteiger partial charge is 0.174 e. The first-order chi connectivity index (χ1) is 7.81. The number of hydrogen-bond acceptors (Lipinski definition) is 3. The molecule has 0 aromatic rings. The third-order valence-corrected chi connectivity index (χ3v) is 4.79. The van der Waals surface area contributed by atoms with Crippen molar-refractivity contribution < 1.29 is 13.7 Å². The highest BCUT2D eigenvalue weighted by Gasteiger charge is 2.42. The highest BCUT2D eigenvalue weighted by Crippen LogP contribution is 2.30. The first kappa shape index (κ1) is 15.1. The van der Waals surface area contributed by atoms with Gasteiger partial charge in [-0.25, -0.2) is 8.93 Å². The standard InChI is InChI=1S/C12H25NO3S/c1-7-9-8(2)10(11(15-6)16-9)13-17(14)12(3,4)5/h8-11,13H,7H2,1-6H3/t8-,9-,10-,11+,17?/m1/s1. The lowest BCUT2D eigenvalue weighted by molar-refractivity contribution is -0.122. The van der Waals surface area contributed by atoms with E-state index in [-0.39, 0.29) is 23.2 Å². The van der Waals surface area contributed by atoms with Crippen LogP contribution in [0.2, 0.25) is 0 Å². The van der Waals surface area contributed by atoms with Crippen molar-refractivity contribution in [1.82, 2.24) is 4.72 Å². The van der Waals surface area contributed by atoms with Crippen molar-refractivity contribution in [3.8, 4) is 0 Å². The highest BCUT2D eigenvalue weighted by molar-refractivity contribution is 7.84. The van der Waals surface area contributed by atoms with Gasteiger partial charge in [-0.05, 0) is 27.2 Å². The average molecular weight is 263 g/mol. The number of methoxy groups -OCH3 is 1. The van der Waals surface area contributed by atoms with Crippen molar-refractivity contribution in [3.05, 3.63) is 0 Å². The summed E-state index contributed by atoms with van der Waals surface area (Å²) < 4.78 is 26.1. The Labute approximate surface area is 107 Å². The summed E-state index contributed by atoms with van der Waals surface area (Å²) in [5.41, 5.74) is 0. The molecule has 0 radical (unpaired) electrons. The maximum atomic E-state index is 12.1. The minimum Gasteiger partial charge on any atom is -0.354 e. The van der Waals surface area contributed by atoms with E-state index in [1.54, 1.807) is 7.11 Å². The van der Waals surface area contributed by atoms with Crippen molar-refractivity contribution in [3.63, 3.8) is 0 Å². The summed E-state index contributed by atoms with van der Waals surface area (Å²) in [7, 11) is 0.532. The van der Waals surface area contributed by atoms with Crippen molar-refractivity contribution in [2.75, 3.05) is 7.11 Å². The second kappa shape index (κ2) is 5.78. The molecule has 1 saturated heterocycles. The van der Waals surface area contributed by atoms with Crippen LogP contribution in [0.5, 0.6) is 0 Å². The highest BCUT2D eigenvalue weighted by atomic mass is 32.2. The Kier molecular flexibility index (Phi) is 5.13. The van der Waals surface area contributed by atoms with Gasteiger partial charge in [-0.3, -0.25) is 0 Å². The molecule has 0 aliphatic carbocycles. The molecule has 0 amide bonds. The summed E-state index contributed by atoms with van der Waals surface area (Å²) in [6.45, 7) is 10.1. The third-order valence-electron chi connectivity index (χ3n) is 3.19. The minimum atomic E-state index is -1.10. The molecular weight excluding hydrogens is 238 g/mol. The molecule has 0 saturated carbocycles. The largest absolute Gasteiger partial charge is 0.354 e. The van der Waals surface area contributed by atoms with Gasteiger partial charge in [0.15, 0.2) is 6.29 Å². The Morgan fingerprint density at radius 3 is 2.41 bits per heavy atom. The summed E-state index contributed by atoms with van der Waals surface area (Å²) in [6.07, 6.45) is 0.817. The van der Waals surface area contributed by atoms with E-state index in [2.05, 4.69) is 18.6 Å². The van der Waals surface area contributed by atoms with Crippen LogP contribution in [0, 0.1) is 5.92 Å². The van der Waals surface area contributed by atoms with Gasteiger partial charge in [0.05, 0.1) is 27.9 Å². The molecule has 0 aromatic carbocycles. The van der Waals surface area contributed by atoms with Crippen LogP contribution in [-0.2, 0) is 20.5 Å². The lowest BCUT2D eigenvalue weighted by Crippen LogP contribution is -2.47. The molecule has 5 heteroatoms. The van der Waals surface area contributed by atoms with Gasteiger partial charge in [-0.15, -0.1) is 0 Å². The van der Waals surface area contributed by atoms with Crippen molar-refractivity contribution >= 4 is 11.0 Å². The maximum Gasteiger partial charge on any atom is 0.174 e. The summed E-state index contributed by atoms with van der Waals surface area (Å²) in [6, 6.07) is -0.00925. The van der Waals surface area contributed by atoms with Crippen molar-refractivity contribution in [1.29, 1.82) is 0 Å². The minimum absolute atomic E-state index is 0.00925. The molecule has 1 aliphatic rings. The molecule has 102 valence electrons. The quantitative estimate of drug-likeness (QED) is 0.841. The van der Waals surface area contributed by atoms with Crippen molar-refractivity contribution in [2.24, 2.45) is 5.92 Å². The van der Waals surface area contributed by atoms with Gasteiger partial charge in [-0.1, -0.05) is 13.8 Å². The molecule has 1 N–H and O–H groups in total. The van der Waals surface area contributed by atoms with Gasteiger partial charge < -0.3 is 9.47 Å². The maximum absolute atomic E-state index is 12.1. The number of nitrogens with one attached hydrogen (secondary N) is 1. The summed E-state index contributed by atoms with van der Waals surface area (Å²) in [5.74, 6) is 0.302. The molecule has 5 atom stereocenters. The van der Waals surface area contributed by atoms with E-state index in [1.165, 1.54) is 0 Å². The predicted molar refractivity (Wildman–Crippen MR) is 69.9 cm³/mol. The van der Waals surface area contributed by atoms with Crippen LogP contribution in [0.25, 0.3) is 0 Å². The first-order valence-corrected chi connectivity index (χ1v) is 7.32. The molecule has 1 heterocycles. The molecule has 0 bridgehead atoms. The van der Waals surface area contributed by atoms with Crippen LogP contribution in [0.15, 0.2) is 0 Å². The van der Waals surface area contributed by atoms with Gasteiger partial charge in [0.1, 0.15) is 0 Å². The number of ether oxygens (including phenoxy) is 2. The Morgan fingerprint density at radius 2 is 2.00 bits per heavy atom. The van der Waals surface area contributed by atoms with Gasteiger partial charge in [0, 0.05) is 13.0 Å². The lowest BCUT2D eigenvalue weighted by atomic mass is 9.98. The van der Waals surface area contributed by atoms with E-state index >= 15 is 0 Å². The Balaban J connectivity index is 2.71. The molecule has 1 unspecified atom stereocenters. The van der Waals surface area contributed by atoms with Crippen molar-refractivity contribution in [2.45, 2.75) is 64.2 Å². The second-order valence-corrected chi connectivity index (χ2v) is 7.57. The van der Waals surface area contributed by atoms with Crippen LogP contribution in [0.1, 0.15) is 41.0 Å². The van der Waals surface area contributed by atoms with Crippen LogP contribution >= 0.6 is 0 Å². The van der Waals surface area contributed by atoms with E-state index in [4.69, 9.17) is 9.47 Å². The Hall–Kier alpha value is 0.0300. The zero-order valence-corrected chi connectivity index (χ0v) is 12.5. The molecule has 1 aliphatic heterocycles. The molecule has 0 spiro atoms. The normalized spacial score (nSPS) is 36.1. The predicted octanol–water partition coefficient (Wildman–Crippen LogP) is 1.82. The first-order valence-electron chi connectivity index (χ1n) is 6.17. The number of rotatable bonds is 4. The van der Waals surface area contributed by atoms with Gasteiger partial charge >= 0.3 is 0 Å². The fourth-order valence-electron chi connectivity index (χ4n) is 1.99. The molecular formula is C12H25NO3S. The summed E-state index contributed by atoms with van der Waals surface area (Å²) in [4.78, 5) is 0. The van der Waals surface area contributed by atoms with E-state index in [0.29, 0.717) is 5.92 Å². The van der Waals surface area contributed by atoms with Crippen LogP contribution in [0.4, 0.5) is 0 Å². The third kappa shape index (κ3) is 3.50. The van der Waals surface area contributed by atoms with E-state index < -0.39 is 11.0 Å². The van der Waals surface area contributed by atoms with E-state index in [9.17, 15) is 4.21 Å². The van der Waals surface area contributed by atoms with E-state index in [0.717, 1.165) is 6.42 Å². The van der Waals surface area contributed by atoms with Gasteiger partial charge in [0.2, 0.25) is 0 Å². The summed E-state index contributed by atoms with van der Waals surface area (Å²) >= 11 is 0. The molecule has 1 rings (SSSR count). The van der Waals surface area contributed by atoms with Crippen LogP contribution < -0.4 is 4.72 Å². The number of hydrogen-bond donors (Lipinski definition) is 1. The molecule has 1 fully saturated rings. The second-order valence-electron chi connectivity index (χ2n) is 5.57. The SMILES string of the molecule is CC[C@H]1O[C@H](OC)[C@H](NS(=O)C(C)(C)C)[C@@H]1C. The topological polar surface area (TPSA) is 47.6 Å². The Bertz CT molecular complexity index is 275. The zero-order chi connectivity index (χ0) is 13.2. The fraction of sp³-hybridized carbons (Fsp3) is 1.00. The monoisotopic (exact) mass is 263 g/mol. The molecule has 0 aromatic heterocycles. The van der Waals surface area contributed by atoms with Gasteiger partial charge in [0.25, 0.3) is 0 Å². The fourth-order valence-corrected chi connectivity index (χ4v) is 2.92. The average Bonchev–Trinajstić information content (AvgIpc) is 2.54. The molecule has 4 nitrogen and oxygen atoms in total. The lowest BCUT2D eigenvalue weighted by Gasteiger charge is -2.26. The Morgan fingerprint density at radius 1 is 1.41 bits per heavy atom. The van der Waals surface area contributed by atoms with E-state index in [1.807, 2.05) is 20.8 Å². The molecule has 17 heavy (non-hydrogen) atoms. The van der Waals surface area contributed by atoms with Gasteiger partial charge in [-0.2, -0.15) is 0 Å². The summed E-state index contributed by atoms with van der Waals surface area (Å²) in [5, 5.41) is 0. The van der Waals surface area contributed by atoms with Crippen LogP contribution in [-0.4, -0.2) is 34.5 Å². The van der Waals surface area contributed by atoms with Crippen LogP contribution in [0.3, 0.4) is 0 Å².